The quantitative estimate of drug-likeness (QED) is 0.775. The largest absolute Gasteiger partial charge is 0.401 e. The average molecular weight is 226 g/mol. The van der Waals surface area contributed by atoms with E-state index in [1.54, 1.807) is 0 Å². The predicted octanol–water partition coefficient (Wildman–Crippen LogP) is 0.844. The summed E-state index contributed by atoms with van der Waals surface area (Å²) in [5.74, 6) is 0.00565. The summed E-state index contributed by atoms with van der Waals surface area (Å²) in [7, 11) is 1.45. The van der Waals surface area contributed by atoms with Crippen LogP contribution in [0.3, 0.4) is 0 Å². The summed E-state index contributed by atoms with van der Waals surface area (Å²) in [5.41, 5.74) is 5.80. The summed E-state index contributed by atoms with van der Waals surface area (Å²) in [6.07, 6.45) is -3.42. The third-order valence-corrected chi connectivity index (χ3v) is 2.53. The maximum atomic E-state index is 12.1. The van der Waals surface area contributed by atoms with E-state index >= 15 is 0 Å². The lowest BCUT2D eigenvalue weighted by Gasteiger charge is -2.32. The molecule has 1 rings (SSSR count). The number of hydrogen-bond donors (Lipinski definition) is 1. The first kappa shape index (κ1) is 12.7. The molecule has 0 aromatic rings. The minimum absolute atomic E-state index is 0.00565. The van der Waals surface area contributed by atoms with Crippen molar-refractivity contribution in [3.8, 4) is 0 Å². The van der Waals surface area contributed by atoms with Crippen LogP contribution in [0.4, 0.5) is 13.2 Å². The van der Waals surface area contributed by atoms with Crippen molar-refractivity contribution in [3.63, 3.8) is 0 Å². The zero-order chi connectivity index (χ0) is 11.5. The van der Waals surface area contributed by atoms with Gasteiger partial charge in [-0.3, -0.25) is 4.90 Å². The lowest BCUT2D eigenvalue weighted by molar-refractivity contribution is -0.145. The average Bonchev–Trinajstić information content (AvgIpc) is 2.05. The molecule has 0 radical (unpaired) electrons. The van der Waals surface area contributed by atoms with Crippen molar-refractivity contribution in [2.45, 2.75) is 18.6 Å². The van der Waals surface area contributed by atoms with Gasteiger partial charge in [0.1, 0.15) is 0 Å². The second-order valence-electron chi connectivity index (χ2n) is 4.10. The zero-order valence-electron chi connectivity index (χ0n) is 8.76. The molecule has 1 fully saturated rings. The van der Waals surface area contributed by atoms with Gasteiger partial charge in [0.15, 0.2) is 0 Å². The van der Waals surface area contributed by atoms with Gasteiger partial charge in [0.25, 0.3) is 0 Å². The van der Waals surface area contributed by atoms with E-state index in [-0.39, 0.29) is 12.0 Å². The number of alkyl halides is 3. The Balaban J connectivity index is 2.33. The summed E-state index contributed by atoms with van der Waals surface area (Å²) >= 11 is 0. The normalized spacial score (nSPS) is 28.4. The summed E-state index contributed by atoms with van der Waals surface area (Å²) in [4.78, 5) is 1.25. The minimum atomic E-state index is -4.14. The molecular formula is C9H17F3N2O. The molecular weight excluding hydrogens is 209 g/mol. The molecule has 2 atom stereocenters. The van der Waals surface area contributed by atoms with Crippen molar-refractivity contribution in [3.05, 3.63) is 0 Å². The van der Waals surface area contributed by atoms with E-state index in [0.717, 1.165) is 6.42 Å². The van der Waals surface area contributed by atoms with Crippen LogP contribution in [0, 0.1) is 5.92 Å². The third-order valence-electron chi connectivity index (χ3n) is 2.53. The van der Waals surface area contributed by atoms with Crippen LogP contribution in [0.1, 0.15) is 6.42 Å². The molecule has 0 bridgehead atoms. The van der Waals surface area contributed by atoms with Gasteiger partial charge in [-0.15, -0.1) is 0 Å². The van der Waals surface area contributed by atoms with Crippen molar-refractivity contribution in [2.24, 2.45) is 11.7 Å². The minimum Gasteiger partial charge on any atom is -0.381 e. The second kappa shape index (κ2) is 5.14. The van der Waals surface area contributed by atoms with E-state index in [4.69, 9.17) is 10.5 Å². The molecule has 1 heterocycles. The van der Waals surface area contributed by atoms with Gasteiger partial charge in [0, 0.05) is 25.1 Å². The molecule has 6 heteroatoms. The first-order valence-electron chi connectivity index (χ1n) is 4.97. The number of rotatable bonds is 3. The standard InChI is InChI=1S/C9H17F3N2O/c1-14(6-9(10,11)12)4-7-5-15-3-2-8(7)13/h7-8H,2-6,13H2,1H3. The zero-order valence-corrected chi connectivity index (χ0v) is 8.76. The van der Waals surface area contributed by atoms with Gasteiger partial charge in [0.2, 0.25) is 0 Å². The van der Waals surface area contributed by atoms with Gasteiger partial charge in [-0.05, 0) is 13.5 Å². The Morgan fingerprint density at radius 2 is 2.13 bits per heavy atom. The highest BCUT2D eigenvalue weighted by molar-refractivity contribution is 4.79. The Morgan fingerprint density at radius 3 is 2.67 bits per heavy atom. The van der Waals surface area contributed by atoms with Crippen molar-refractivity contribution in [1.82, 2.24) is 4.90 Å². The summed E-state index contributed by atoms with van der Waals surface area (Å²) in [6, 6.07) is -0.0468. The van der Waals surface area contributed by atoms with Crippen LogP contribution in [-0.4, -0.2) is 50.5 Å². The van der Waals surface area contributed by atoms with Gasteiger partial charge in [-0.1, -0.05) is 0 Å². The van der Waals surface area contributed by atoms with Crippen molar-refractivity contribution >= 4 is 0 Å². The number of halogens is 3. The van der Waals surface area contributed by atoms with Crippen molar-refractivity contribution in [2.75, 3.05) is 33.4 Å². The van der Waals surface area contributed by atoms with Crippen molar-refractivity contribution in [1.29, 1.82) is 0 Å². The lowest BCUT2D eigenvalue weighted by Crippen LogP contribution is -2.45. The molecule has 1 aliphatic rings. The smallest absolute Gasteiger partial charge is 0.381 e. The topological polar surface area (TPSA) is 38.5 Å². The third kappa shape index (κ3) is 4.81. The highest BCUT2D eigenvalue weighted by Gasteiger charge is 2.31. The number of hydrogen-bond acceptors (Lipinski definition) is 3. The highest BCUT2D eigenvalue weighted by atomic mass is 19.4. The molecule has 3 nitrogen and oxygen atoms in total. The fraction of sp³-hybridized carbons (Fsp3) is 1.00. The maximum Gasteiger partial charge on any atom is 0.401 e. The maximum absolute atomic E-state index is 12.1. The molecule has 2 N–H and O–H groups in total. The molecule has 0 aromatic heterocycles. The van der Waals surface area contributed by atoms with Gasteiger partial charge in [-0.2, -0.15) is 13.2 Å². The van der Waals surface area contributed by atoms with E-state index in [2.05, 4.69) is 0 Å². The second-order valence-corrected chi connectivity index (χ2v) is 4.10. The van der Waals surface area contributed by atoms with Crippen LogP contribution >= 0.6 is 0 Å². The number of ether oxygens (including phenoxy) is 1. The van der Waals surface area contributed by atoms with Gasteiger partial charge in [0.05, 0.1) is 13.2 Å². The lowest BCUT2D eigenvalue weighted by atomic mass is 9.96. The van der Waals surface area contributed by atoms with E-state index in [1.165, 1.54) is 11.9 Å². The Hall–Kier alpha value is -0.330. The molecule has 0 saturated carbocycles. The molecule has 0 aromatic carbocycles. The van der Waals surface area contributed by atoms with E-state index < -0.39 is 12.7 Å². The molecule has 1 saturated heterocycles. The molecule has 0 spiro atoms. The van der Waals surface area contributed by atoms with Crippen LogP contribution in [-0.2, 0) is 4.74 Å². The van der Waals surface area contributed by atoms with Gasteiger partial charge >= 0.3 is 6.18 Å². The Bertz CT molecular complexity index is 198. The fourth-order valence-electron chi connectivity index (χ4n) is 1.77. The highest BCUT2D eigenvalue weighted by Crippen LogP contribution is 2.18. The predicted molar refractivity (Wildman–Crippen MR) is 50.5 cm³/mol. The molecule has 90 valence electrons. The Kier molecular flexibility index (Phi) is 4.36. The van der Waals surface area contributed by atoms with E-state index in [0.29, 0.717) is 19.8 Å². The van der Waals surface area contributed by atoms with E-state index in [9.17, 15) is 13.2 Å². The molecule has 0 amide bonds. The fourth-order valence-corrected chi connectivity index (χ4v) is 1.77. The van der Waals surface area contributed by atoms with Crippen LogP contribution in [0.2, 0.25) is 0 Å². The number of nitrogens with zero attached hydrogens (tertiary/aromatic N) is 1. The SMILES string of the molecule is CN(CC1COCCC1N)CC(F)(F)F. The van der Waals surface area contributed by atoms with Gasteiger partial charge < -0.3 is 10.5 Å². The van der Waals surface area contributed by atoms with Crippen LogP contribution in [0.5, 0.6) is 0 Å². The van der Waals surface area contributed by atoms with Crippen LogP contribution in [0.25, 0.3) is 0 Å². The molecule has 1 aliphatic heterocycles. The molecule has 0 aliphatic carbocycles. The summed E-state index contributed by atoms with van der Waals surface area (Å²) < 4.78 is 41.4. The van der Waals surface area contributed by atoms with Crippen molar-refractivity contribution < 1.29 is 17.9 Å². The van der Waals surface area contributed by atoms with E-state index in [1.807, 2.05) is 0 Å². The monoisotopic (exact) mass is 226 g/mol. The Labute approximate surface area is 87.4 Å². The van der Waals surface area contributed by atoms with Crippen LogP contribution in [0.15, 0.2) is 0 Å². The van der Waals surface area contributed by atoms with Gasteiger partial charge in [-0.25, -0.2) is 0 Å². The molecule has 15 heavy (non-hydrogen) atoms. The summed E-state index contributed by atoms with van der Waals surface area (Å²) in [6.45, 7) is 0.515. The first-order chi connectivity index (χ1) is 6.88. The Morgan fingerprint density at radius 1 is 1.47 bits per heavy atom. The van der Waals surface area contributed by atoms with Crippen LogP contribution < -0.4 is 5.73 Å². The first-order valence-corrected chi connectivity index (χ1v) is 4.97. The number of nitrogens with two attached hydrogens (primary N) is 1. The molecule has 2 unspecified atom stereocenters. The summed E-state index contributed by atoms with van der Waals surface area (Å²) in [5, 5.41) is 0.